The van der Waals surface area contributed by atoms with Crippen molar-refractivity contribution in [3.63, 3.8) is 0 Å². The number of hydrogen-bond donors (Lipinski definition) is 0. The van der Waals surface area contributed by atoms with E-state index < -0.39 is 0 Å². The van der Waals surface area contributed by atoms with Gasteiger partial charge in [0.05, 0.1) is 0 Å². The molecule has 0 aliphatic heterocycles. The summed E-state index contributed by atoms with van der Waals surface area (Å²) in [6.07, 6.45) is 1.86. The van der Waals surface area contributed by atoms with Crippen LogP contribution >= 0.6 is 11.3 Å². The van der Waals surface area contributed by atoms with Gasteiger partial charge in [-0.05, 0) is 17.2 Å². The van der Waals surface area contributed by atoms with Crippen LogP contribution in [0.1, 0.15) is 20.9 Å². The average molecular weight is 375 g/mol. The summed E-state index contributed by atoms with van der Waals surface area (Å²) in [4.78, 5) is 6.13. The number of benzene rings is 2. The molecule has 0 unspecified atom stereocenters. The van der Waals surface area contributed by atoms with E-state index in [1.807, 2.05) is 30.3 Å². The fourth-order valence-electron chi connectivity index (χ4n) is 2.64. The zero-order valence-electron chi connectivity index (χ0n) is 14.2. The van der Waals surface area contributed by atoms with E-state index in [4.69, 9.17) is 4.84 Å². The first-order valence-electron chi connectivity index (χ1n) is 8.13. The minimum Gasteiger partial charge on any atom is -0.391 e. The van der Waals surface area contributed by atoms with Crippen molar-refractivity contribution in [1.82, 2.24) is 0 Å². The monoisotopic (exact) mass is 375 g/mol. The summed E-state index contributed by atoms with van der Waals surface area (Å²) in [6.45, 7) is 0.0207. The summed E-state index contributed by atoms with van der Waals surface area (Å²) in [7, 11) is 0. The van der Waals surface area contributed by atoms with Crippen LogP contribution in [0, 0.1) is 28.5 Å². The van der Waals surface area contributed by atoms with Gasteiger partial charge < -0.3 is 4.84 Å². The third kappa shape index (κ3) is 4.20. The smallest absolute Gasteiger partial charge is 0.145 e. The molecule has 3 aromatic rings. The van der Waals surface area contributed by atoms with Crippen LogP contribution in [-0.4, -0.2) is 6.21 Å². The van der Waals surface area contributed by atoms with Gasteiger partial charge in [-0.2, -0.15) is 10.5 Å². The standard InChI is InChI=1S/C21H14FN3OS/c22-18-9-5-4-8-16(18)14-26-25-11-10-17-19(12-23)27-20(13-24)21(17)15-6-2-1-3-7-15/h1-9,11H,10,14H2/b25-11-. The fraction of sp³-hybridized carbons (Fsp3) is 0.0952. The zero-order chi connectivity index (χ0) is 19.1. The molecule has 2 aromatic carbocycles. The van der Waals surface area contributed by atoms with Crippen molar-refractivity contribution in [3.05, 3.63) is 81.3 Å². The third-order valence-corrected chi connectivity index (χ3v) is 4.94. The van der Waals surface area contributed by atoms with Crippen molar-refractivity contribution in [2.24, 2.45) is 5.16 Å². The van der Waals surface area contributed by atoms with Gasteiger partial charge in [0.15, 0.2) is 0 Å². The van der Waals surface area contributed by atoms with Crippen LogP contribution in [0.3, 0.4) is 0 Å². The molecule has 0 aliphatic rings. The lowest BCUT2D eigenvalue weighted by atomic mass is 9.99. The van der Waals surface area contributed by atoms with Crippen LogP contribution in [0.5, 0.6) is 0 Å². The van der Waals surface area contributed by atoms with Gasteiger partial charge in [0.25, 0.3) is 0 Å². The van der Waals surface area contributed by atoms with Crippen molar-refractivity contribution in [2.75, 3.05) is 0 Å². The largest absolute Gasteiger partial charge is 0.391 e. The Labute approximate surface area is 160 Å². The predicted octanol–water partition coefficient (Wildman–Crippen LogP) is 5.04. The molecule has 6 heteroatoms. The summed E-state index contributed by atoms with van der Waals surface area (Å²) in [5.74, 6) is -0.345. The first-order chi connectivity index (χ1) is 13.2. The molecule has 0 amide bonds. The quantitative estimate of drug-likeness (QED) is 0.447. The summed E-state index contributed by atoms with van der Waals surface area (Å²) in [5.41, 5.74) is 2.78. The molecule has 0 bridgehead atoms. The lowest BCUT2D eigenvalue weighted by Crippen LogP contribution is -1.94. The summed E-state index contributed by atoms with van der Waals surface area (Å²) in [6, 6.07) is 20.1. The molecule has 4 nitrogen and oxygen atoms in total. The Morgan fingerprint density at radius 2 is 1.70 bits per heavy atom. The first kappa shape index (κ1) is 18.3. The van der Waals surface area contributed by atoms with Crippen LogP contribution in [0.4, 0.5) is 4.39 Å². The van der Waals surface area contributed by atoms with Crippen molar-refractivity contribution in [1.29, 1.82) is 10.5 Å². The van der Waals surface area contributed by atoms with Crippen LogP contribution in [0.15, 0.2) is 59.8 Å². The van der Waals surface area contributed by atoms with Crippen LogP contribution < -0.4 is 0 Å². The van der Waals surface area contributed by atoms with Gasteiger partial charge in [-0.3, -0.25) is 0 Å². The Kier molecular flexibility index (Phi) is 5.94. The molecule has 1 aromatic heterocycles. The van der Waals surface area contributed by atoms with Gasteiger partial charge in [0.1, 0.15) is 34.3 Å². The van der Waals surface area contributed by atoms with Gasteiger partial charge >= 0.3 is 0 Å². The number of nitrogens with zero attached hydrogens (tertiary/aromatic N) is 3. The van der Waals surface area contributed by atoms with Crippen LogP contribution in [0.25, 0.3) is 11.1 Å². The number of oxime groups is 1. The molecule has 132 valence electrons. The van der Waals surface area contributed by atoms with Gasteiger partial charge in [0, 0.05) is 23.8 Å². The Bertz CT molecular complexity index is 1050. The molecule has 0 saturated carbocycles. The molecule has 0 saturated heterocycles. The van der Waals surface area contributed by atoms with Crippen molar-refractivity contribution < 1.29 is 9.23 Å². The van der Waals surface area contributed by atoms with Gasteiger partial charge in [-0.25, -0.2) is 4.39 Å². The lowest BCUT2D eigenvalue weighted by Gasteiger charge is -2.04. The number of hydrogen-bond acceptors (Lipinski definition) is 5. The van der Waals surface area contributed by atoms with Crippen LogP contribution in [-0.2, 0) is 17.9 Å². The molecule has 0 atom stereocenters. The number of thiophene rings is 1. The van der Waals surface area contributed by atoms with Gasteiger partial charge in [0.2, 0.25) is 0 Å². The highest BCUT2D eigenvalue weighted by molar-refractivity contribution is 7.13. The second-order valence-corrected chi connectivity index (χ2v) is 6.58. The molecule has 0 aliphatic carbocycles. The topological polar surface area (TPSA) is 69.2 Å². The second-order valence-electron chi connectivity index (χ2n) is 5.56. The van der Waals surface area contributed by atoms with E-state index in [1.54, 1.807) is 18.2 Å². The van der Waals surface area contributed by atoms with Crippen molar-refractivity contribution in [3.8, 4) is 23.3 Å². The molecule has 0 spiro atoms. The number of nitriles is 2. The van der Waals surface area contributed by atoms with E-state index in [-0.39, 0.29) is 12.4 Å². The summed E-state index contributed by atoms with van der Waals surface area (Å²) >= 11 is 1.17. The van der Waals surface area contributed by atoms with Gasteiger partial charge in [-0.1, -0.05) is 53.7 Å². The molecule has 27 heavy (non-hydrogen) atoms. The van der Waals surface area contributed by atoms with Gasteiger partial charge in [-0.15, -0.1) is 11.3 Å². The first-order valence-corrected chi connectivity index (χ1v) is 8.94. The van der Waals surface area contributed by atoms with Crippen molar-refractivity contribution >= 4 is 17.6 Å². The second kappa shape index (κ2) is 8.75. The van der Waals surface area contributed by atoms with E-state index in [0.29, 0.717) is 21.7 Å². The minimum absolute atomic E-state index is 0.0207. The Hall–Kier alpha value is -3.48. The maximum absolute atomic E-state index is 13.5. The molecule has 0 radical (unpaired) electrons. The maximum atomic E-state index is 13.5. The SMILES string of the molecule is N#Cc1sc(C#N)c(-c2ccccc2)c1C/C=N\OCc1ccccc1F. The Morgan fingerprint density at radius 1 is 1.00 bits per heavy atom. The highest BCUT2D eigenvalue weighted by atomic mass is 32.1. The minimum atomic E-state index is -0.345. The maximum Gasteiger partial charge on any atom is 0.145 e. The molecule has 0 N–H and O–H groups in total. The number of rotatable bonds is 6. The Balaban J connectivity index is 1.78. The molecular weight excluding hydrogens is 361 g/mol. The van der Waals surface area contributed by atoms with E-state index in [2.05, 4.69) is 17.3 Å². The van der Waals surface area contributed by atoms with E-state index >= 15 is 0 Å². The molecule has 3 rings (SSSR count). The van der Waals surface area contributed by atoms with E-state index in [1.165, 1.54) is 23.6 Å². The molecule has 1 heterocycles. The average Bonchev–Trinajstić information content (AvgIpc) is 3.07. The summed E-state index contributed by atoms with van der Waals surface area (Å²) in [5, 5.41) is 22.7. The summed E-state index contributed by atoms with van der Waals surface area (Å²) < 4.78 is 13.5. The zero-order valence-corrected chi connectivity index (χ0v) is 15.0. The van der Waals surface area contributed by atoms with Crippen LogP contribution in [0.2, 0.25) is 0 Å². The molecule has 0 fully saturated rings. The highest BCUT2D eigenvalue weighted by Crippen LogP contribution is 2.36. The Morgan fingerprint density at radius 3 is 2.41 bits per heavy atom. The van der Waals surface area contributed by atoms with E-state index in [0.717, 1.165) is 16.7 Å². The molecular formula is C21H14FN3OS. The third-order valence-electron chi connectivity index (χ3n) is 3.89. The fourth-order valence-corrected chi connectivity index (χ4v) is 3.59. The predicted molar refractivity (Wildman–Crippen MR) is 103 cm³/mol. The highest BCUT2D eigenvalue weighted by Gasteiger charge is 2.18. The lowest BCUT2D eigenvalue weighted by molar-refractivity contribution is 0.129. The normalized spacial score (nSPS) is 10.5. The van der Waals surface area contributed by atoms with Crippen molar-refractivity contribution in [2.45, 2.75) is 13.0 Å². The van der Waals surface area contributed by atoms with E-state index in [9.17, 15) is 14.9 Å². The number of halogens is 1.